The number of rotatable bonds is 3. The Balaban J connectivity index is 1.93. The summed E-state index contributed by atoms with van der Waals surface area (Å²) in [7, 11) is 0. The molecule has 1 heterocycles. The highest BCUT2D eigenvalue weighted by Gasteiger charge is 2.22. The maximum Gasteiger partial charge on any atom is 0.337 e. The molecule has 0 amide bonds. The zero-order chi connectivity index (χ0) is 14.1. The summed E-state index contributed by atoms with van der Waals surface area (Å²) >= 11 is 0. The van der Waals surface area contributed by atoms with Gasteiger partial charge in [0.25, 0.3) is 0 Å². The van der Waals surface area contributed by atoms with Crippen LogP contribution >= 0.6 is 0 Å². The molecule has 0 spiro atoms. The highest BCUT2D eigenvalue weighted by atomic mass is 16.4. The molecule has 5 heteroatoms. The molecule has 0 bridgehead atoms. The van der Waals surface area contributed by atoms with Crippen molar-refractivity contribution in [1.29, 1.82) is 0 Å². The third-order valence-electron chi connectivity index (χ3n) is 4.24. The number of fused-ring (bicyclic) bond motifs is 1. The van der Waals surface area contributed by atoms with Crippen molar-refractivity contribution in [3.8, 4) is 0 Å². The van der Waals surface area contributed by atoms with Crippen LogP contribution in [0.3, 0.4) is 0 Å². The van der Waals surface area contributed by atoms with E-state index in [1.807, 2.05) is 6.07 Å². The van der Waals surface area contributed by atoms with E-state index in [0.717, 1.165) is 12.5 Å². The van der Waals surface area contributed by atoms with Gasteiger partial charge in [-0.25, -0.2) is 9.48 Å². The summed E-state index contributed by atoms with van der Waals surface area (Å²) < 4.78 is 1.78. The average molecular weight is 273 g/mol. The van der Waals surface area contributed by atoms with Crippen LogP contribution in [-0.4, -0.2) is 26.1 Å². The van der Waals surface area contributed by atoms with Crippen LogP contribution in [0, 0.1) is 11.8 Å². The third-order valence-corrected chi connectivity index (χ3v) is 4.24. The number of nitrogens with zero attached hydrogens (tertiary/aromatic N) is 3. The molecule has 5 nitrogen and oxygen atoms in total. The van der Waals surface area contributed by atoms with Crippen molar-refractivity contribution >= 4 is 17.0 Å². The molecule has 3 rings (SSSR count). The zero-order valence-electron chi connectivity index (χ0n) is 11.6. The van der Waals surface area contributed by atoms with Gasteiger partial charge in [0.05, 0.1) is 5.56 Å². The van der Waals surface area contributed by atoms with Gasteiger partial charge in [-0.05, 0) is 36.8 Å². The Kier molecular flexibility index (Phi) is 3.42. The molecule has 0 radical (unpaired) electrons. The summed E-state index contributed by atoms with van der Waals surface area (Å²) in [4.78, 5) is 11.3. The second-order valence-electron chi connectivity index (χ2n) is 5.89. The summed E-state index contributed by atoms with van der Waals surface area (Å²) in [6.45, 7) is 3.05. The highest BCUT2D eigenvalue weighted by molar-refractivity contribution is 6.00. The van der Waals surface area contributed by atoms with Crippen LogP contribution in [0.4, 0.5) is 0 Å². The number of hydrogen-bond donors (Lipinski definition) is 1. The zero-order valence-corrected chi connectivity index (χ0v) is 11.6. The van der Waals surface area contributed by atoms with Gasteiger partial charge >= 0.3 is 5.97 Å². The molecular weight excluding hydrogens is 254 g/mol. The smallest absolute Gasteiger partial charge is 0.337 e. The van der Waals surface area contributed by atoms with Gasteiger partial charge in [0.15, 0.2) is 0 Å². The number of carboxylic acid groups (broad SMARTS) is 1. The summed E-state index contributed by atoms with van der Waals surface area (Å²) in [6, 6.07) is 5.15. The third kappa shape index (κ3) is 2.40. The minimum absolute atomic E-state index is 0.288. The lowest BCUT2D eigenvalue weighted by Gasteiger charge is -2.26. The van der Waals surface area contributed by atoms with E-state index in [9.17, 15) is 9.90 Å². The summed E-state index contributed by atoms with van der Waals surface area (Å²) in [5, 5.41) is 17.6. The Morgan fingerprint density at radius 1 is 1.45 bits per heavy atom. The Morgan fingerprint density at radius 2 is 2.30 bits per heavy atom. The molecule has 1 aromatic carbocycles. The Hall–Kier alpha value is -1.91. The number of para-hydroxylation sites is 1. The van der Waals surface area contributed by atoms with Gasteiger partial charge in [0.2, 0.25) is 0 Å². The van der Waals surface area contributed by atoms with Crippen molar-refractivity contribution in [2.45, 2.75) is 39.2 Å². The van der Waals surface area contributed by atoms with Gasteiger partial charge in [-0.3, -0.25) is 0 Å². The SMILES string of the molecule is CC1CCCC(Cn2nnc3cccc(C(=O)O)c32)C1. The summed E-state index contributed by atoms with van der Waals surface area (Å²) in [5.74, 6) is 0.407. The maximum atomic E-state index is 11.3. The van der Waals surface area contributed by atoms with Crippen molar-refractivity contribution in [3.05, 3.63) is 23.8 Å². The number of aromatic carboxylic acids is 1. The molecule has 2 unspecified atom stereocenters. The minimum atomic E-state index is -0.920. The summed E-state index contributed by atoms with van der Waals surface area (Å²) in [6.07, 6.45) is 4.94. The van der Waals surface area contributed by atoms with Gasteiger partial charge < -0.3 is 5.11 Å². The van der Waals surface area contributed by atoms with Crippen molar-refractivity contribution in [1.82, 2.24) is 15.0 Å². The monoisotopic (exact) mass is 273 g/mol. The highest BCUT2D eigenvalue weighted by Crippen LogP contribution is 2.30. The van der Waals surface area contributed by atoms with Crippen LogP contribution in [0.1, 0.15) is 43.0 Å². The van der Waals surface area contributed by atoms with Crippen molar-refractivity contribution in [2.24, 2.45) is 11.8 Å². The molecule has 20 heavy (non-hydrogen) atoms. The molecule has 1 N–H and O–H groups in total. The predicted molar refractivity (Wildman–Crippen MR) is 75.6 cm³/mol. The maximum absolute atomic E-state index is 11.3. The van der Waals surface area contributed by atoms with Crippen LogP contribution in [0.5, 0.6) is 0 Å². The number of benzene rings is 1. The molecule has 0 saturated heterocycles. The molecule has 2 aromatic rings. The standard InChI is InChI=1S/C15H19N3O2/c1-10-4-2-5-11(8-10)9-18-14-12(15(19)20)6-3-7-13(14)16-17-18/h3,6-7,10-11H,2,4-5,8-9H2,1H3,(H,19,20). The fourth-order valence-electron chi connectivity index (χ4n) is 3.30. The summed E-state index contributed by atoms with van der Waals surface area (Å²) in [5.41, 5.74) is 1.60. The van der Waals surface area contributed by atoms with Crippen molar-refractivity contribution in [2.75, 3.05) is 0 Å². The first-order valence-corrected chi connectivity index (χ1v) is 7.20. The lowest BCUT2D eigenvalue weighted by atomic mass is 9.82. The van der Waals surface area contributed by atoms with E-state index < -0.39 is 5.97 Å². The van der Waals surface area contributed by atoms with Crippen LogP contribution in [0.15, 0.2) is 18.2 Å². The van der Waals surface area contributed by atoms with Crippen LogP contribution in [0.2, 0.25) is 0 Å². The second-order valence-corrected chi connectivity index (χ2v) is 5.89. The number of aromatic nitrogens is 3. The minimum Gasteiger partial charge on any atom is -0.478 e. The quantitative estimate of drug-likeness (QED) is 0.933. The lowest BCUT2D eigenvalue weighted by molar-refractivity contribution is 0.0698. The Bertz CT molecular complexity index is 635. The van der Waals surface area contributed by atoms with Gasteiger partial charge in [0.1, 0.15) is 11.0 Å². The van der Waals surface area contributed by atoms with E-state index in [1.165, 1.54) is 25.7 Å². The van der Waals surface area contributed by atoms with Gasteiger partial charge in [-0.2, -0.15) is 0 Å². The fourth-order valence-corrected chi connectivity index (χ4v) is 3.30. The van der Waals surface area contributed by atoms with E-state index in [2.05, 4.69) is 17.2 Å². The fraction of sp³-hybridized carbons (Fsp3) is 0.533. The molecule has 0 aliphatic heterocycles. The van der Waals surface area contributed by atoms with E-state index in [4.69, 9.17) is 0 Å². The average Bonchev–Trinajstić information content (AvgIpc) is 2.82. The normalized spacial score (nSPS) is 23.1. The predicted octanol–water partition coefficient (Wildman–Crippen LogP) is 2.96. The number of carbonyl (C=O) groups is 1. The van der Waals surface area contributed by atoms with Crippen LogP contribution in [-0.2, 0) is 6.54 Å². The van der Waals surface area contributed by atoms with Crippen LogP contribution in [0.25, 0.3) is 11.0 Å². The van der Waals surface area contributed by atoms with Gasteiger partial charge in [-0.1, -0.05) is 31.0 Å². The molecule has 1 saturated carbocycles. The van der Waals surface area contributed by atoms with Gasteiger partial charge in [-0.15, -0.1) is 5.10 Å². The Morgan fingerprint density at radius 3 is 3.05 bits per heavy atom. The van der Waals surface area contributed by atoms with E-state index in [-0.39, 0.29) is 5.56 Å². The van der Waals surface area contributed by atoms with E-state index >= 15 is 0 Å². The van der Waals surface area contributed by atoms with Crippen molar-refractivity contribution < 1.29 is 9.90 Å². The first-order valence-electron chi connectivity index (χ1n) is 7.20. The molecule has 1 aliphatic carbocycles. The van der Waals surface area contributed by atoms with Gasteiger partial charge in [0, 0.05) is 6.54 Å². The van der Waals surface area contributed by atoms with Crippen molar-refractivity contribution in [3.63, 3.8) is 0 Å². The van der Waals surface area contributed by atoms with Crippen LogP contribution < -0.4 is 0 Å². The first-order chi connectivity index (χ1) is 9.65. The first kappa shape index (κ1) is 13.1. The lowest BCUT2D eigenvalue weighted by Crippen LogP contribution is -2.19. The molecular formula is C15H19N3O2. The molecule has 1 aromatic heterocycles. The van der Waals surface area contributed by atoms with E-state index in [0.29, 0.717) is 17.0 Å². The van der Waals surface area contributed by atoms with E-state index in [1.54, 1.807) is 16.8 Å². The largest absolute Gasteiger partial charge is 0.478 e. The topological polar surface area (TPSA) is 68.0 Å². The second kappa shape index (κ2) is 5.23. The molecule has 2 atom stereocenters. The number of hydrogen-bond acceptors (Lipinski definition) is 3. The molecule has 106 valence electrons. The molecule has 1 fully saturated rings. The number of carboxylic acids is 1. The Labute approximate surface area is 117 Å². The molecule has 1 aliphatic rings.